The highest BCUT2D eigenvalue weighted by Gasteiger charge is 2.33. The molecule has 0 unspecified atom stereocenters. The van der Waals surface area contributed by atoms with Crippen LogP contribution in [0.5, 0.6) is 5.75 Å². The predicted molar refractivity (Wildman–Crippen MR) is 108 cm³/mol. The number of ether oxygens (including phenoxy) is 1. The first-order chi connectivity index (χ1) is 13.4. The molecule has 1 atom stereocenters. The van der Waals surface area contributed by atoms with Gasteiger partial charge in [0, 0.05) is 24.7 Å². The number of nitrogens with one attached hydrogen (secondary N) is 1. The highest BCUT2D eigenvalue weighted by Crippen LogP contribution is 2.31. The van der Waals surface area contributed by atoms with Crippen LogP contribution < -0.4 is 10.1 Å². The molecule has 0 spiro atoms. The highest BCUT2D eigenvalue weighted by molar-refractivity contribution is 7.89. The van der Waals surface area contributed by atoms with Gasteiger partial charge in [-0.25, -0.2) is 8.42 Å². The zero-order valence-corrected chi connectivity index (χ0v) is 17.0. The monoisotopic (exact) mass is 402 g/mol. The summed E-state index contributed by atoms with van der Waals surface area (Å²) in [6, 6.07) is 14.0. The van der Waals surface area contributed by atoms with Crippen LogP contribution in [0.15, 0.2) is 53.4 Å². The fraction of sp³-hybridized carbons (Fsp3) is 0.381. The Morgan fingerprint density at radius 1 is 1.18 bits per heavy atom. The second-order valence-corrected chi connectivity index (χ2v) is 8.85. The van der Waals surface area contributed by atoms with Gasteiger partial charge in [-0.1, -0.05) is 36.8 Å². The van der Waals surface area contributed by atoms with E-state index in [0.29, 0.717) is 18.7 Å². The van der Waals surface area contributed by atoms with E-state index in [9.17, 15) is 13.2 Å². The Labute approximate surface area is 166 Å². The molecule has 7 heteroatoms. The maximum atomic E-state index is 13.2. The summed E-state index contributed by atoms with van der Waals surface area (Å²) in [4.78, 5) is 12.6. The average Bonchev–Trinajstić information content (AvgIpc) is 2.72. The number of methoxy groups -OCH3 is 1. The van der Waals surface area contributed by atoms with Gasteiger partial charge in [0.15, 0.2) is 0 Å². The Kier molecular flexibility index (Phi) is 6.36. The van der Waals surface area contributed by atoms with E-state index < -0.39 is 10.0 Å². The molecule has 1 N–H and O–H groups in total. The summed E-state index contributed by atoms with van der Waals surface area (Å²) in [7, 11) is -2.32. The van der Waals surface area contributed by atoms with Gasteiger partial charge in [-0.15, -0.1) is 0 Å². The molecule has 150 valence electrons. The lowest BCUT2D eigenvalue weighted by Gasteiger charge is -2.32. The van der Waals surface area contributed by atoms with Crippen molar-refractivity contribution >= 4 is 15.9 Å². The molecule has 1 amide bonds. The van der Waals surface area contributed by atoms with Gasteiger partial charge < -0.3 is 10.1 Å². The maximum absolute atomic E-state index is 13.2. The van der Waals surface area contributed by atoms with Gasteiger partial charge in [-0.3, -0.25) is 4.79 Å². The number of rotatable bonds is 6. The largest absolute Gasteiger partial charge is 0.495 e. The zero-order chi connectivity index (χ0) is 20.1. The van der Waals surface area contributed by atoms with E-state index in [1.165, 1.54) is 17.5 Å². The number of nitrogens with zero attached hydrogens (tertiary/aromatic N) is 1. The number of sulfonamides is 1. The molecule has 1 aliphatic heterocycles. The van der Waals surface area contributed by atoms with Gasteiger partial charge in [0.05, 0.1) is 7.11 Å². The van der Waals surface area contributed by atoms with Crippen LogP contribution in [0.2, 0.25) is 0 Å². The van der Waals surface area contributed by atoms with Crippen molar-refractivity contribution in [2.75, 3.05) is 13.7 Å². The molecule has 0 radical (unpaired) electrons. The third-order valence-corrected chi connectivity index (χ3v) is 7.09. The van der Waals surface area contributed by atoms with E-state index in [0.717, 1.165) is 24.8 Å². The number of hydrogen-bond donors (Lipinski definition) is 1. The molecule has 0 aromatic heterocycles. The Morgan fingerprint density at radius 3 is 2.61 bits per heavy atom. The van der Waals surface area contributed by atoms with E-state index in [4.69, 9.17) is 4.74 Å². The number of carbonyl (C=O) groups excluding carboxylic acids is 1. The second kappa shape index (κ2) is 8.75. The molecular formula is C21H26N2O4S. The van der Waals surface area contributed by atoms with E-state index in [1.807, 2.05) is 37.3 Å². The smallest absolute Gasteiger partial charge is 0.251 e. The number of hydrogen-bond acceptors (Lipinski definition) is 4. The minimum atomic E-state index is -3.75. The first kappa shape index (κ1) is 20.4. The normalized spacial score (nSPS) is 17.9. The number of carbonyl (C=O) groups is 1. The van der Waals surface area contributed by atoms with Gasteiger partial charge >= 0.3 is 0 Å². The molecule has 0 bridgehead atoms. The van der Waals surface area contributed by atoms with Gasteiger partial charge in [0.25, 0.3) is 5.91 Å². The first-order valence-electron chi connectivity index (χ1n) is 9.45. The summed E-state index contributed by atoms with van der Waals surface area (Å²) < 4.78 is 33.3. The fourth-order valence-corrected chi connectivity index (χ4v) is 5.34. The summed E-state index contributed by atoms with van der Waals surface area (Å²) in [6.07, 6.45) is 2.69. The quantitative estimate of drug-likeness (QED) is 0.805. The van der Waals surface area contributed by atoms with Gasteiger partial charge in [0.2, 0.25) is 10.0 Å². The molecule has 1 saturated heterocycles. The SMILES string of the molecule is COc1ccc(C(=O)NCc2ccccc2)cc1S(=O)(=O)N1CCCC[C@@H]1C. The van der Waals surface area contributed by atoms with Crippen LogP contribution in [0.1, 0.15) is 42.1 Å². The molecule has 0 saturated carbocycles. The molecular weight excluding hydrogens is 376 g/mol. The molecule has 0 aliphatic carbocycles. The number of piperidine rings is 1. The lowest BCUT2D eigenvalue weighted by atomic mass is 10.1. The summed E-state index contributed by atoms with van der Waals surface area (Å²) in [5.74, 6) is -0.0768. The van der Waals surface area contributed by atoms with Crippen LogP contribution in [0, 0.1) is 0 Å². The van der Waals surface area contributed by atoms with Crippen molar-refractivity contribution in [2.24, 2.45) is 0 Å². The van der Waals surface area contributed by atoms with E-state index in [1.54, 1.807) is 12.1 Å². The number of benzene rings is 2. The summed E-state index contributed by atoms with van der Waals surface area (Å²) >= 11 is 0. The third kappa shape index (κ3) is 4.36. The van der Waals surface area contributed by atoms with Crippen LogP contribution >= 0.6 is 0 Å². The minimum absolute atomic E-state index is 0.0381. The van der Waals surface area contributed by atoms with Crippen molar-refractivity contribution in [1.29, 1.82) is 0 Å². The molecule has 3 rings (SSSR count). The van der Waals surface area contributed by atoms with Gasteiger partial charge in [0.1, 0.15) is 10.6 Å². The predicted octanol–water partition coefficient (Wildman–Crippen LogP) is 3.19. The fourth-order valence-electron chi connectivity index (χ4n) is 3.45. The summed E-state index contributed by atoms with van der Waals surface area (Å²) in [6.45, 7) is 2.77. The van der Waals surface area contributed by atoms with Crippen LogP contribution in [0.4, 0.5) is 0 Å². The molecule has 1 fully saturated rings. The Balaban J connectivity index is 1.86. The topological polar surface area (TPSA) is 75.7 Å². The molecule has 2 aromatic carbocycles. The van der Waals surface area contributed by atoms with Crippen molar-refractivity contribution in [3.8, 4) is 5.75 Å². The second-order valence-electron chi connectivity index (χ2n) is 6.99. The summed E-state index contributed by atoms with van der Waals surface area (Å²) in [5, 5.41) is 2.83. The van der Waals surface area contributed by atoms with Gasteiger partial charge in [-0.05, 0) is 43.5 Å². The Hall–Kier alpha value is -2.38. The van der Waals surface area contributed by atoms with E-state index in [2.05, 4.69) is 5.32 Å². The number of amides is 1. The Bertz CT molecular complexity index is 929. The van der Waals surface area contributed by atoms with E-state index >= 15 is 0 Å². The summed E-state index contributed by atoms with van der Waals surface area (Å²) in [5.41, 5.74) is 1.26. The Morgan fingerprint density at radius 2 is 1.93 bits per heavy atom. The molecule has 2 aromatic rings. The van der Waals surface area contributed by atoms with Crippen molar-refractivity contribution in [1.82, 2.24) is 9.62 Å². The third-order valence-electron chi connectivity index (χ3n) is 5.05. The van der Waals surface area contributed by atoms with Crippen molar-refractivity contribution in [3.05, 3.63) is 59.7 Å². The minimum Gasteiger partial charge on any atom is -0.495 e. The van der Waals surface area contributed by atoms with Crippen molar-refractivity contribution in [2.45, 2.75) is 43.7 Å². The van der Waals surface area contributed by atoms with Gasteiger partial charge in [-0.2, -0.15) is 4.31 Å². The zero-order valence-electron chi connectivity index (χ0n) is 16.2. The van der Waals surface area contributed by atoms with Crippen LogP contribution in [-0.4, -0.2) is 38.3 Å². The maximum Gasteiger partial charge on any atom is 0.251 e. The first-order valence-corrected chi connectivity index (χ1v) is 10.9. The average molecular weight is 403 g/mol. The molecule has 1 aliphatic rings. The highest BCUT2D eigenvalue weighted by atomic mass is 32.2. The van der Waals surface area contributed by atoms with Crippen molar-refractivity contribution in [3.63, 3.8) is 0 Å². The molecule has 6 nitrogen and oxygen atoms in total. The van der Waals surface area contributed by atoms with Crippen LogP contribution in [-0.2, 0) is 16.6 Å². The van der Waals surface area contributed by atoms with E-state index in [-0.39, 0.29) is 22.6 Å². The van der Waals surface area contributed by atoms with Crippen molar-refractivity contribution < 1.29 is 17.9 Å². The lowest BCUT2D eigenvalue weighted by molar-refractivity contribution is 0.0950. The molecule has 28 heavy (non-hydrogen) atoms. The standard InChI is InChI=1S/C21H26N2O4S/c1-16-8-6-7-13-23(16)28(25,26)20-14-18(11-12-19(20)27-2)21(24)22-15-17-9-4-3-5-10-17/h3-5,9-12,14,16H,6-8,13,15H2,1-2H3,(H,22,24)/t16-/m0/s1. The molecule has 1 heterocycles. The van der Waals surface area contributed by atoms with Crippen LogP contribution in [0.3, 0.4) is 0 Å². The van der Waals surface area contributed by atoms with Crippen LogP contribution in [0.25, 0.3) is 0 Å². The lowest BCUT2D eigenvalue weighted by Crippen LogP contribution is -2.42.